The molecule has 35 heavy (non-hydrogen) atoms. The van der Waals surface area contributed by atoms with Crippen LogP contribution in [0.1, 0.15) is 63.4 Å². The highest BCUT2D eigenvalue weighted by Crippen LogP contribution is 2.30. The molecule has 1 aliphatic rings. The lowest BCUT2D eigenvalue weighted by molar-refractivity contribution is -0.151. The number of benzene rings is 1. The minimum absolute atomic E-state index is 0.0253. The van der Waals surface area contributed by atoms with E-state index < -0.39 is 35.7 Å². The van der Waals surface area contributed by atoms with Gasteiger partial charge < -0.3 is 19.6 Å². The standard InChI is InChI=1S/C24H24N4O7/c1-5-33-23(31)16-12(4)35-20-17(16)19(25)26-15(27-20)10-34-24(32)18(11(2)3)28-21(29)13-8-6-7-9-14(13)22(28)30/h6-9,11,18H,5,10H2,1-4H3,(H2,25,26,27)/t18-/m0/s1. The lowest BCUT2D eigenvalue weighted by Gasteiger charge is -2.27. The minimum atomic E-state index is -1.15. The molecule has 2 aromatic heterocycles. The number of rotatable bonds is 7. The molecule has 0 saturated carbocycles. The summed E-state index contributed by atoms with van der Waals surface area (Å²) in [7, 11) is 0. The Bertz CT molecular complexity index is 1330. The van der Waals surface area contributed by atoms with Crippen LogP contribution < -0.4 is 5.73 Å². The van der Waals surface area contributed by atoms with Gasteiger partial charge in [0.05, 0.1) is 23.1 Å². The molecule has 1 aromatic carbocycles. The molecule has 0 unspecified atom stereocenters. The van der Waals surface area contributed by atoms with Crippen LogP contribution in [0.3, 0.4) is 0 Å². The predicted molar refractivity (Wildman–Crippen MR) is 122 cm³/mol. The van der Waals surface area contributed by atoms with Crippen LogP contribution in [0.15, 0.2) is 28.7 Å². The van der Waals surface area contributed by atoms with Gasteiger partial charge in [0.25, 0.3) is 11.8 Å². The third-order valence-corrected chi connectivity index (χ3v) is 5.60. The van der Waals surface area contributed by atoms with Crippen molar-refractivity contribution < 1.29 is 33.1 Å². The lowest BCUT2D eigenvalue weighted by atomic mass is 10.0. The number of amides is 2. The molecule has 2 N–H and O–H groups in total. The van der Waals surface area contributed by atoms with Crippen LogP contribution in [-0.4, -0.2) is 51.3 Å². The fourth-order valence-electron chi connectivity index (χ4n) is 4.05. The monoisotopic (exact) mass is 480 g/mol. The van der Waals surface area contributed by atoms with Gasteiger partial charge in [-0.05, 0) is 31.9 Å². The SMILES string of the molecule is CCOC(=O)c1c(C)oc2nc(COC(=O)[C@H](C(C)C)N3C(=O)c4ccccc4C3=O)nc(N)c12. The predicted octanol–water partition coefficient (Wildman–Crippen LogP) is 2.65. The number of hydrogen-bond acceptors (Lipinski definition) is 10. The first-order chi connectivity index (χ1) is 16.6. The fraction of sp³-hybridized carbons (Fsp3) is 0.333. The van der Waals surface area contributed by atoms with Crippen molar-refractivity contribution in [2.45, 2.75) is 40.3 Å². The van der Waals surface area contributed by atoms with Crippen LogP contribution in [-0.2, 0) is 20.9 Å². The molecular weight excluding hydrogens is 456 g/mol. The van der Waals surface area contributed by atoms with E-state index in [2.05, 4.69) is 9.97 Å². The van der Waals surface area contributed by atoms with Crippen molar-refractivity contribution in [3.05, 3.63) is 52.5 Å². The summed E-state index contributed by atoms with van der Waals surface area (Å²) in [5.41, 5.74) is 6.70. The molecule has 3 heterocycles. The number of fused-ring (bicyclic) bond motifs is 2. The Hall–Kier alpha value is -4.28. The molecule has 1 aliphatic heterocycles. The highest BCUT2D eigenvalue weighted by Gasteiger charge is 2.44. The molecule has 11 heteroatoms. The Balaban J connectivity index is 1.56. The minimum Gasteiger partial charge on any atom is -0.462 e. The first-order valence-corrected chi connectivity index (χ1v) is 11.0. The van der Waals surface area contributed by atoms with Gasteiger partial charge in [-0.1, -0.05) is 26.0 Å². The molecule has 0 fully saturated rings. The normalized spacial score (nSPS) is 13.9. The zero-order valence-corrected chi connectivity index (χ0v) is 19.7. The number of ether oxygens (including phenoxy) is 2. The highest BCUT2D eigenvalue weighted by atomic mass is 16.5. The second-order valence-electron chi connectivity index (χ2n) is 8.28. The number of aromatic nitrogens is 2. The number of furan rings is 1. The number of nitrogens with two attached hydrogens (primary N) is 1. The van der Waals surface area contributed by atoms with E-state index in [0.29, 0.717) is 0 Å². The van der Waals surface area contributed by atoms with Gasteiger partial charge >= 0.3 is 11.9 Å². The van der Waals surface area contributed by atoms with E-state index in [1.54, 1.807) is 52.0 Å². The molecule has 11 nitrogen and oxygen atoms in total. The van der Waals surface area contributed by atoms with Crippen LogP contribution in [0.25, 0.3) is 11.1 Å². The summed E-state index contributed by atoms with van der Waals surface area (Å²) in [5, 5.41) is 0.210. The molecule has 2 amide bonds. The molecule has 0 bridgehead atoms. The average molecular weight is 480 g/mol. The van der Waals surface area contributed by atoms with E-state index in [1.165, 1.54) is 0 Å². The van der Waals surface area contributed by atoms with E-state index in [0.717, 1.165) is 4.90 Å². The maximum Gasteiger partial charge on any atom is 0.342 e. The topological polar surface area (TPSA) is 155 Å². The lowest BCUT2D eigenvalue weighted by Crippen LogP contribution is -2.48. The molecule has 0 aliphatic carbocycles. The van der Waals surface area contributed by atoms with Crippen molar-refractivity contribution in [2.24, 2.45) is 5.92 Å². The van der Waals surface area contributed by atoms with Crippen LogP contribution >= 0.6 is 0 Å². The van der Waals surface area contributed by atoms with Gasteiger partial charge in [-0.25, -0.2) is 14.6 Å². The van der Waals surface area contributed by atoms with E-state index in [9.17, 15) is 19.2 Å². The van der Waals surface area contributed by atoms with E-state index >= 15 is 0 Å². The maximum absolute atomic E-state index is 13.0. The third-order valence-electron chi connectivity index (χ3n) is 5.60. The first kappa shape index (κ1) is 23.9. The van der Waals surface area contributed by atoms with Crippen LogP contribution in [0.5, 0.6) is 0 Å². The Labute approximate surface area is 200 Å². The Kier molecular flexibility index (Phi) is 6.25. The number of nitrogen functional groups attached to an aromatic ring is 1. The van der Waals surface area contributed by atoms with Gasteiger partial charge in [-0.3, -0.25) is 14.5 Å². The summed E-state index contributed by atoms with van der Waals surface area (Å²) in [6.07, 6.45) is 0. The molecule has 3 aromatic rings. The van der Waals surface area contributed by atoms with Gasteiger partial charge in [-0.15, -0.1) is 0 Å². The number of anilines is 1. The molecule has 4 rings (SSSR count). The Morgan fingerprint density at radius 2 is 1.71 bits per heavy atom. The van der Waals surface area contributed by atoms with Gasteiger partial charge in [-0.2, -0.15) is 4.98 Å². The number of hydrogen-bond donors (Lipinski definition) is 1. The fourth-order valence-corrected chi connectivity index (χ4v) is 4.05. The van der Waals surface area contributed by atoms with Crippen LogP contribution in [0.4, 0.5) is 5.82 Å². The first-order valence-electron chi connectivity index (χ1n) is 11.0. The van der Waals surface area contributed by atoms with Crippen molar-refractivity contribution in [1.29, 1.82) is 0 Å². The zero-order valence-electron chi connectivity index (χ0n) is 19.7. The van der Waals surface area contributed by atoms with Gasteiger partial charge in [0, 0.05) is 0 Å². The summed E-state index contributed by atoms with van der Waals surface area (Å²) in [5.74, 6) is -2.68. The number of carbonyl (C=O) groups is 4. The summed E-state index contributed by atoms with van der Waals surface area (Å²) < 4.78 is 16.0. The number of carbonyl (C=O) groups excluding carboxylic acids is 4. The molecule has 0 spiro atoms. The summed E-state index contributed by atoms with van der Waals surface area (Å²) >= 11 is 0. The van der Waals surface area contributed by atoms with Crippen molar-refractivity contribution in [2.75, 3.05) is 12.3 Å². The summed E-state index contributed by atoms with van der Waals surface area (Å²) in [6.45, 7) is 6.44. The second kappa shape index (κ2) is 9.16. The highest BCUT2D eigenvalue weighted by molar-refractivity contribution is 6.22. The maximum atomic E-state index is 13.0. The summed E-state index contributed by atoms with van der Waals surface area (Å²) in [6, 6.07) is 5.24. The largest absolute Gasteiger partial charge is 0.462 e. The Morgan fingerprint density at radius 1 is 1.09 bits per heavy atom. The zero-order chi connectivity index (χ0) is 25.4. The quantitative estimate of drug-likeness (QED) is 0.394. The smallest absolute Gasteiger partial charge is 0.342 e. The molecule has 0 saturated heterocycles. The third kappa shape index (κ3) is 4.09. The molecule has 182 valence electrons. The Morgan fingerprint density at radius 3 is 2.29 bits per heavy atom. The number of esters is 2. The van der Waals surface area contributed by atoms with E-state index in [4.69, 9.17) is 19.6 Å². The van der Waals surface area contributed by atoms with Crippen molar-refractivity contribution in [1.82, 2.24) is 14.9 Å². The molecule has 1 atom stereocenters. The number of nitrogens with zero attached hydrogens (tertiary/aromatic N) is 3. The average Bonchev–Trinajstić information content (AvgIpc) is 3.27. The van der Waals surface area contributed by atoms with Gasteiger partial charge in [0.1, 0.15) is 23.2 Å². The van der Waals surface area contributed by atoms with Crippen LogP contribution in [0, 0.1) is 12.8 Å². The second-order valence-corrected chi connectivity index (χ2v) is 8.28. The van der Waals surface area contributed by atoms with Crippen molar-refractivity contribution >= 4 is 40.7 Å². The van der Waals surface area contributed by atoms with E-state index in [-0.39, 0.29) is 58.4 Å². The number of aryl methyl sites for hydroxylation is 1. The van der Waals surface area contributed by atoms with Crippen LogP contribution in [0.2, 0.25) is 0 Å². The van der Waals surface area contributed by atoms with Gasteiger partial charge in [0.2, 0.25) is 5.71 Å². The summed E-state index contributed by atoms with van der Waals surface area (Å²) in [4.78, 5) is 60.3. The van der Waals surface area contributed by atoms with Gasteiger partial charge in [0.15, 0.2) is 12.4 Å². The molecular formula is C24H24N4O7. The van der Waals surface area contributed by atoms with Crippen molar-refractivity contribution in [3.8, 4) is 0 Å². The van der Waals surface area contributed by atoms with E-state index in [1.807, 2.05) is 0 Å². The number of imide groups is 1. The molecule has 0 radical (unpaired) electrons. The van der Waals surface area contributed by atoms with Crippen molar-refractivity contribution in [3.63, 3.8) is 0 Å².